The van der Waals surface area contributed by atoms with Crippen molar-refractivity contribution in [2.75, 3.05) is 10.2 Å². The molecule has 1 heterocycles. The maximum atomic E-state index is 13.0. The minimum absolute atomic E-state index is 0.177. The first-order valence-electron chi connectivity index (χ1n) is 9.41. The number of rotatable bonds is 3. The average molecular weight is 430 g/mol. The van der Waals surface area contributed by atoms with Crippen LogP contribution in [-0.4, -0.2) is 17.7 Å². The molecule has 7 heteroatoms. The second kappa shape index (κ2) is 7.71. The molecule has 0 saturated heterocycles. The van der Waals surface area contributed by atoms with Crippen molar-refractivity contribution in [2.24, 2.45) is 0 Å². The fourth-order valence-corrected chi connectivity index (χ4v) is 3.67. The molecule has 3 aromatic rings. The molecular weight excluding hydrogens is 414 g/mol. The summed E-state index contributed by atoms with van der Waals surface area (Å²) in [6, 6.07) is 16.5. The van der Waals surface area contributed by atoms with Gasteiger partial charge < -0.3 is 5.32 Å². The Morgan fingerprint density at radius 1 is 0.968 bits per heavy atom. The first-order chi connectivity index (χ1) is 14.8. The number of carbonyl (C=O) groups excluding carboxylic acids is 3. The number of nitrogens with zero attached hydrogens (tertiary/aromatic N) is 2. The molecule has 1 aliphatic rings. The standard InChI is InChI=1S/C24H16ClN3O3/c1-13-3-4-14(2)21(9-13)28-23(30)18-8-6-15(10-19(18)24(28)31)22(29)27-17-7-5-16(12-26)20(25)11-17/h3-11H,1-2H3,(H,27,29). The van der Waals surface area contributed by atoms with Crippen LogP contribution in [0.3, 0.4) is 0 Å². The highest BCUT2D eigenvalue weighted by Gasteiger charge is 2.37. The van der Waals surface area contributed by atoms with Crippen LogP contribution in [0.4, 0.5) is 11.4 Å². The van der Waals surface area contributed by atoms with Crippen molar-refractivity contribution >= 4 is 40.7 Å². The minimum atomic E-state index is -0.468. The van der Waals surface area contributed by atoms with Gasteiger partial charge in [0.2, 0.25) is 0 Å². The maximum absolute atomic E-state index is 13.0. The van der Waals surface area contributed by atoms with E-state index < -0.39 is 17.7 Å². The van der Waals surface area contributed by atoms with E-state index >= 15 is 0 Å². The number of aryl methyl sites for hydroxylation is 2. The zero-order valence-corrected chi connectivity index (χ0v) is 17.4. The number of anilines is 2. The number of hydrogen-bond donors (Lipinski definition) is 1. The predicted octanol–water partition coefficient (Wildman–Crippen LogP) is 4.88. The van der Waals surface area contributed by atoms with Crippen LogP contribution in [-0.2, 0) is 0 Å². The van der Waals surface area contributed by atoms with E-state index in [-0.39, 0.29) is 21.7 Å². The molecule has 1 aliphatic heterocycles. The molecule has 0 aliphatic carbocycles. The number of nitrogens with one attached hydrogen (secondary N) is 1. The number of fused-ring (bicyclic) bond motifs is 1. The number of benzene rings is 3. The number of nitriles is 1. The third-order valence-electron chi connectivity index (χ3n) is 5.10. The fourth-order valence-electron chi connectivity index (χ4n) is 3.45. The zero-order chi connectivity index (χ0) is 22.3. The Bertz CT molecular complexity index is 1320. The van der Waals surface area contributed by atoms with E-state index in [1.54, 1.807) is 12.1 Å². The second-order valence-electron chi connectivity index (χ2n) is 7.26. The van der Waals surface area contributed by atoms with E-state index in [0.29, 0.717) is 16.9 Å². The molecule has 31 heavy (non-hydrogen) atoms. The average Bonchev–Trinajstić information content (AvgIpc) is 2.99. The van der Waals surface area contributed by atoms with E-state index in [1.165, 1.54) is 30.3 Å². The lowest BCUT2D eigenvalue weighted by atomic mass is 10.1. The molecule has 3 aromatic carbocycles. The SMILES string of the molecule is Cc1ccc(C)c(N2C(=O)c3ccc(C(=O)Nc4ccc(C#N)c(Cl)c4)cc3C2=O)c1. The monoisotopic (exact) mass is 429 g/mol. The van der Waals surface area contributed by atoms with Gasteiger partial charge in [-0.3, -0.25) is 14.4 Å². The van der Waals surface area contributed by atoms with Gasteiger partial charge >= 0.3 is 0 Å². The van der Waals surface area contributed by atoms with Crippen molar-refractivity contribution in [3.8, 4) is 6.07 Å². The van der Waals surface area contributed by atoms with Crippen LogP contribution >= 0.6 is 11.6 Å². The summed E-state index contributed by atoms with van der Waals surface area (Å²) >= 11 is 6.01. The molecule has 0 atom stereocenters. The molecule has 0 spiro atoms. The van der Waals surface area contributed by atoms with Crippen LogP contribution in [0.15, 0.2) is 54.6 Å². The Morgan fingerprint density at radius 2 is 1.71 bits per heavy atom. The summed E-state index contributed by atoms with van der Waals surface area (Å²) in [6.07, 6.45) is 0. The zero-order valence-electron chi connectivity index (χ0n) is 16.7. The van der Waals surface area contributed by atoms with E-state index in [1.807, 2.05) is 32.0 Å². The summed E-state index contributed by atoms with van der Waals surface area (Å²) in [5, 5.41) is 11.9. The predicted molar refractivity (Wildman–Crippen MR) is 118 cm³/mol. The van der Waals surface area contributed by atoms with Crippen LogP contribution in [0.2, 0.25) is 5.02 Å². The Morgan fingerprint density at radius 3 is 2.42 bits per heavy atom. The van der Waals surface area contributed by atoms with E-state index in [2.05, 4.69) is 5.32 Å². The maximum Gasteiger partial charge on any atom is 0.266 e. The highest BCUT2D eigenvalue weighted by atomic mass is 35.5. The van der Waals surface area contributed by atoms with E-state index in [4.69, 9.17) is 16.9 Å². The molecule has 0 fully saturated rings. The Labute approximate surface area is 183 Å². The molecule has 0 radical (unpaired) electrons. The Balaban J connectivity index is 1.64. The highest BCUT2D eigenvalue weighted by molar-refractivity contribution is 6.35. The van der Waals surface area contributed by atoms with Gasteiger partial charge in [0.25, 0.3) is 17.7 Å². The van der Waals surface area contributed by atoms with Gasteiger partial charge in [-0.15, -0.1) is 0 Å². The summed E-state index contributed by atoms with van der Waals surface area (Å²) < 4.78 is 0. The van der Waals surface area contributed by atoms with Crippen molar-refractivity contribution in [2.45, 2.75) is 13.8 Å². The third kappa shape index (κ3) is 3.56. The third-order valence-corrected chi connectivity index (χ3v) is 5.41. The van der Waals surface area contributed by atoms with Crippen LogP contribution in [0, 0.1) is 25.2 Å². The summed E-state index contributed by atoms with van der Waals surface area (Å²) in [5.74, 6) is -1.35. The van der Waals surface area contributed by atoms with Crippen molar-refractivity contribution in [3.05, 3.63) is 93.0 Å². The van der Waals surface area contributed by atoms with Crippen molar-refractivity contribution < 1.29 is 14.4 Å². The topological polar surface area (TPSA) is 90.3 Å². The van der Waals surface area contributed by atoms with Gasteiger partial charge in [-0.05, 0) is 67.4 Å². The normalized spacial score (nSPS) is 12.5. The van der Waals surface area contributed by atoms with Crippen molar-refractivity contribution in [1.29, 1.82) is 5.26 Å². The van der Waals surface area contributed by atoms with Gasteiger partial charge in [0.15, 0.2) is 0 Å². The highest BCUT2D eigenvalue weighted by Crippen LogP contribution is 2.32. The van der Waals surface area contributed by atoms with E-state index in [0.717, 1.165) is 16.0 Å². The summed E-state index contributed by atoms with van der Waals surface area (Å²) in [4.78, 5) is 39.8. The van der Waals surface area contributed by atoms with Crippen LogP contribution in [0.5, 0.6) is 0 Å². The molecule has 0 unspecified atom stereocenters. The molecular formula is C24H16ClN3O3. The largest absolute Gasteiger partial charge is 0.322 e. The van der Waals surface area contributed by atoms with Gasteiger partial charge in [0.1, 0.15) is 6.07 Å². The molecule has 0 bridgehead atoms. The number of hydrogen-bond acceptors (Lipinski definition) is 4. The number of amides is 3. The minimum Gasteiger partial charge on any atom is -0.322 e. The fraction of sp³-hybridized carbons (Fsp3) is 0.0833. The molecule has 3 amide bonds. The summed E-state index contributed by atoms with van der Waals surface area (Å²) in [7, 11) is 0. The molecule has 4 rings (SSSR count). The molecule has 1 N–H and O–H groups in total. The molecule has 0 aromatic heterocycles. The lowest BCUT2D eigenvalue weighted by Gasteiger charge is -2.17. The number of imide groups is 1. The van der Waals surface area contributed by atoms with Crippen molar-refractivity contribution in [3.63, 3.8) is 0 Å². The van der Waals surface area contributed by atoms with Crippen molar-refractivity contribution in [1.82, 2.24) is 0 Å². The van der Waals surface area contributed by atoms with Crippen LogP contribution < -0.4 is 10.2 Å². The lowest BCUT2D eigenvalue weighted by molar-refractivity contribution is 0.0925. The van der Waals surface area contributed by atoms with Crippen LogP contribution in [0.1, 0.15) is 47.8 Å². The molecule has 0 saturated carbocycles. The van der Waals surface area contributed by atoms with Gasteiger partial charge in [-0.2, -0.15) is 5.26 Å². The number of carbonyl (C=O) groups is 3. The second-order valence-corrected chi connectivity index (χ2v) is 7.66. The lowest BCUT2D eigenvalue weighted by Crippen LogP contribution is -2.30. The van der Waals surface area contributed by atoms with Gasteiger partial charge in [0.05, 0.1) is 27.4 Å². The van der Waals surface area contributed by atoms with Gasteiger partial charge in [-0.25, -0.2) is 4.90 Å². The first kappa shape index (κ1) is 20.3. The van der Waals surface area contributed by atoms with Gasteiger partial charge in [-0.1, -0.05) is 23.7 Å². The Hall–Kier alpha value is -3.95. The summed E-state index contributed by atoms with van der Waals surface area (Å²) in [5.41, 5.74) is 3.63. The summed E-state index contributed by atoms with van der Waals surface area (Å²) in [6.45, 7) is 3.72. The first-order valence-corrected chi connectivity index (χ1v) is 9.79. The molecule has 152 valence electrons. The van der Waals surface area contributed by atoms with Gasteiger partial charge in [0, 0.05) is 11.3 Å². The van der Waals surface area contributed by atoms with E-state index in [9.17, 15) is 14.4 Å². The quantitative estimate of drug-likeness (QED) is 0.600. The number of halogens is 1. The van der Waals surface area contributed by atoms with Crippen LogP contribution in [0.25, 0.3) is 0 Å². The smallest absolute Gasteiger partial charge is 0.266 e. The Kier molecular flexibility index (Phi) is 5.05. The molecule has 6 nitrogen and oxygen atoms in total.